The van der Waals surface area contributed by atoms with Gasteiger partial charge in [0.25, 0.3) is 0 Å². The van der Waals surface area contributed by atoms with Crippen LogP contribution in [0.1, 0.15) is 53.4 Å². The Hall–Kier alpha value is -0.830. The molecule has 17 heavy (non-hydrogen) atoms. The zero-order valence-corrected chi connectivity index (χ0v) is 11.7. The van der Waals surface area contributed by atoms with Gasteiger partial charge in [-0.1, -0.05) is 34.3 Å². The van der Waals surface area contributed by atoms with Crippen LogP contribution in [0.25, 0.3) is 0 Å². The van der Waals surface area contributed by atoms with Gasteiger partial charge in [0.05, 0.1) is 6.61 Å². The van der Waals surface area contributed by atoms with E-state index in [4.69, 9.17) is 10.5 Å². The lowest BCUT2D eigenvalue weighted by atomic mass is 9.64. The summed E-state index contributed by atoms with van der Waals surface area (Å²) in [5, 5.41) is 0. The Morgan fingerprint density at radius 1 is 1.18 bits per heavy atom. The van der Waals surface area contributed by atoms with Gasteiger partial charge in [0.15, 0.2) is 0 Å². The summed E-state index contributed by atoms with van der Waals surface area (Å²) in [5.41, 5.74) is 6.08. The first kappa shape index (κ1) is 16.2. The second kappa shape index (κ2) is 6.80. The maximum Gasteiger partial charge on any atom is 0.330 e. The van der Waals surface area contributed by atoms with Gasteiger partial charge < -0.3 is 10.5 Å². The zero-order valence-electron chi connectivity index (χ0n) is 11.7. The number of ether oxygens (including phenoxy) is 1. The van der Waals surface area contributed by atoms with E-state index in [9.17, 15) is 4.79 Å². The monoisotopic (exact) mass is 241 g/mol. The van der Waals surface area contributed by atoms with Crippen LogP contribution in [0, 0.1) is 5.41 Å². The van der Waals surface area contributed by atoms with Crippen LogP contribution in [-0.2, 0) is 9.53 Å². The standard InChI is InChI=1S/C14H27NO2/c1-6-12(16)17-11-13(7-2,8-3)14(15,9-4)10-5/h6H,1,7-11,15H2,2-5H3. The molecule has 3 nitrogen and oxygen atoms in total. The summed E-state index contributed by atoms with van der Waals surface area (Å²) in [6.45, 7) is 12.2. The van der Waals surface area contributed by atoms with Crippen molar-refractivity contribution in [3.63, 3.8) is 0 Å². The lowest BCUT2D eigenvalue weighted by Crippen LogP contribution is -2.56. The van der Waals surface area contributed by atoms with Crippen molar-refractivity contribution in [3.05, 3.63) is 12.7 Å². The fourth-order valence-electron chi connectivity index (χ4n) is 2.57. The Labute approximate surface area is 105 Å². The van der Waals surface area contributed by atoms with E-state index in [-0.39, 0.29) is 16.9 Å². The molecular weight excluding hydrogens is 214 g/mol. The van der Waals surface area contributed by atoms with Crippen molar-refractivity contribution in [2.45, 2.75) is 58.9 Å². The molecule has 0 radical (unpaired) electrons. The summed E-state index contributed by atoms with van der Waals surface area (Å²) < 4.78 is 5.25. The van der Waals surface area contributed by atoms with Gasteiger partial charge in [0.1, 0.15) is 0 Å². The molecule has 0 saturated heterocycles. The summed E-state index contributed by atoms with van der Waals surface area (Å²) in [6.07, 6.45) is 4.79. The van der Waals surface area contributed by atoms with Crippen molar-refractivity contribution in [3.8, 4) is 0 Å². The van der Waals surface area contributed by atoms with Crippen LogP contribution >= 0.6 is 0 Å². The predicted molar refractivity (Wildman–Crippen MR) is 71.7 cm³/mol. The number of hydrogen-bond donors (Lipinski definition) is 1. The van der Waals surface area contributed by atoms with Crippen molar-refractivity contribution in [2.75, 3.05) is 6.61 Å². The molecule has 0 aromatic rings. The topological polar surface area (TPSA) is 52.3 Å². The molecule has 0 bridgehead atoms. The Morgan fingerprint density at radius 2 is 1.65 bits per heavy atom. The lowest BCUT2D eigenvalue weighted by Gasteiger charge is -2.47. The van der Waals surface area contributed by atoms with Gasteiger partial charge in [-0.3, -0.25) is 0 Å². The number of esters is 1. The summed E-state index contributed by atoms with van der Waals surface area (Å²) in [4.78, 5) is 11.2. The van der Waals surface area contributed by atoms with Crippen LogP contribution in [0.4, 0.5) is 0 Å². The number of carbonyl (C=O) groups is 1. The van der Waals surface area contributed by atoms with Gasteiger partial charge in [0.2, 0.25) is 0 Å². The van der Waals surface area contributed by atoms with Gasteiger partial charge in [-0.05, 0) is 25.7 Å². The molecule has 0 aliphatic heterocycles. The zero-order chi connectivity index (χ0) is 13.5. The van der Waals surface area contributed by atoms with Gasteiger partial charge in [-0.15, -0.1) is 0 Å². The molecule has 0 aliphatic rings. The van der Waals surface area contributed by atoms with Crippen LogP contribution in [0.3, 0.4) is 0 Å². The van der Waals surface area contributed by atoms with E-state index >= 15 is 0 Å². The van der Waals surface area contributed by atoms with E-state index < -0.39 is 0 Å². The highest BCUT2D eigenvalue weighted by Gasteiger charge is 2.44. The van der Waals surface area contributed by atoms with Gasteiger partial charge >= 0.3 is 5.97 Å². The quantitative estimate of drug-likeness (QED) is 0.525. The molecule has 0 aliphatic carbocycles. The lowest BCUT2D eigenvalue weighted by molar-refractivity contribution is -0.143. The molecule has 0 aromatic heterocycles. The Kier molecular flexibility index (Phi) is 6.46. The van der Waals surface area contributed by atoms with E-state index in [0.717, 1.165) is 25.7 Å². The van der Waals surface area contributed by atoms with E-state index in [0.29, 0.717) is 6.61 Å². The average Bonchev–Trinajstić information content (AvgIpc) is 2.39. The van der Waals surface area contributed by atoms with Crippen LogP contribution < -0.4 is 5.73 Å². The highest BCUT2D eigenvalue weighted by Crippen LogP contribution is 2.41. The predicted octanol–water partition coefficient (Wildman–Crippen LogP) is 3.04. The van der Waals surface area contributed by atoms with E-state index in [2.05, 4.69) is 34.3 Å². The van der Waals surface area contributed by atoms with E-state index in [1.54, 1.807) is 0 Å². The van der Waals surface area contributed by atoms with E-state index in [1.165, 1.54) is 6.08 Å². The smallest absolute Gasteiger partial charge is 0.330 e. The Bertz CT molecular complexity index is 253. The van der Waals surface area contributed by atoms with Gasteiger partial charge in [0, 0.05) is 17.0 Å². The SMILES string of the molecule is C=CC(=O)OCC(CC)(CC)C(N)(CC)CC. The molecule has 0 spiro atoms. The molecule has 0 heterocycles. The fourth-order valence-corrected chi connectivity index (χ4v) is 2.57. The molecule has 0 unspecified atom stereocenters. The maximum atomic E-state index is 11.2. The molecule has 0 atom stereocenters. The molecule has 0 fully saturated rings. The van der Waals surface area contributed by atoms with Crippen molar-refractivity contribution in [1.29, 1.82) is 0 Å². The second-order valence-electron chi connectivity index (χ2n) is 4.66. The first-order chi connectivity index (χ1) is 7.95. The third-order valence-electron chi connectivity index (χ3n) is 4.33. The molecular formula is C14H27NO2. The van der Waals surface area contributed by atoms with Crippen LogP contribution in [0.5, 0.6) is 0 Å². The molecule has 0 aromatic carbocycles. The maximum absolute atomic E-state index is 11.2. The minimum absolute atomic E-state index is 0.144. The number of hydrogen-bond acceptors (Lipinski definition) is 3. The number of rotatable bonds is 8. The molecule has 0 amide bonds. The Morgan fingerprint density at radius 3 is 1.94 bits per heavy atom. The van der Waals surface area contributed by atoms with Gasteiger partial charge in [-0.2, -0.15) is 0 Å². The summed E-state index contributed by atoms with van der Waals surface area (Å²) in [6, 6.07) is 0. The highest BCUT2D eigenvalue weighted by molar-refractivity contribution is 5.81. The van der Waals surface area contributed by atoms with E-state index in [1.807, 2.05) is 0 Å². The summed E-state index contributed by atoms with van der Waals surface area (Å²) in [5.74, 6) is -0.370. The van der Waals surface area contributed by atoms with Crippen molar-refractivity contribution >= 4 is 5.97 Å². The van der Waals surface area contributed by atoms with Crippen LogP contribution in [0.15, 0.2) is 12.7 Å². The first-order valence-corrected chi connectivity index (χ1v) is 6.53. The third-order valence-corrected chi connectivity index (χ3v) is 4.33. The second-order valence-corrected chi connectivity index (χ2v) is 4.66. The molecule has 3 heteroatoms. The van der Waals surface area contributed by atoms with Gasteiger partial charge in [-0.25, -0.2) is 4.79 Å². The number of carbonyl (C=O) groups excluding carboxylic acids is 1. The first-order valence-electron chi connectivity index (χ1n) is 6.53. The summed E-state index contributed by atoms with van der Waals surface area (Å²) >= 11 is 0. The fraction of sp³-hybridized carbons (Fsp3) is 0.786. The minimum atomic E-state index is -0.370. The number of nitrogens with two attached hydrogens (primary N) is 1. The molecule has 0 saturated carbocycles. The molecule has 100 valence electrons. The van der Waals surface area contributed by atoms with Crippen molar-refractivity contribution in [1.82, 2.24) is 0 Å². The van der Waals surface area contributed by atoms with Crippen molar-refractivity contribution < 1.29 is 9.53 Å². The molecule has 2 N–H and O–H groups in total. The minimum Gasteiger partial charge on any atom is -0.462 e. The largest absolute Gasteiger partial charge is 0.462 e. The summed E-state index contributed by atoms with van der Waals surface area (Å²) in [7, 11) is 0. The normalized spacial score (nSPS) is 12.3. The molecule has 0 rings (SSSR count). The third kappa shape index (κ3) is 3.32. The van der Waals surface area contributed by atoms with Crippen molar-refractivity contribution in [2.24, 2.45) is 11.1 Å². The average molecular weight is 241 g/mol. The van der Waals surface area contributed by atoms with Crippen LogP contribution in [-0.4, -0.2) is 18.1 Å². The highest BCUT2D eigenvalue weighted by atomic mass is 16.5. The van der Waals surface area contributed by atoms with Crippen LogP contribution in [0.2, 0.25) is 0 Å². The Balaban J connectivity index is 5.00.